The molecule has 4 aromatic rings. The third-order valence-electron chi connectivity index (χ3n) is 4.59. The molecule has 0 saturated heterocycles. The molecule has 152 valence electrons. The highest BCUT2D eigenvalue weighted by Gasteiger charge is 2.15. The minimum absolute atomic E-state index is 0.0135. The molecule has 1 amide bonds. The van der Waals surface area contributed by atoms with Crippen molar-refractivity contribution in [1.82, 2.24) is 20.8 Å². The summed E-state index contributed by atoms with van der Waals surface area (Å²) in [6, 6.07) is 26.8. The van der Waals surface area contributed by atoms with Gasteiger partial charge < -0.3 is 0 Å². The van der Waals surface area contributed by atoms with Gasteiger partial charge in [0.05, 0.1) is 17.1 Å². The summed E-state index contributed by atoms with van der Waals surface area (Å²) in [4.78, 5) is 21.7. The largest absolute Gasteiger partial charge is 0.307 e. The maximum absolute atomic E-state index is 13.1. The highest BCUT2D eigenvalue weighted by atomic mass is 19.1. The van der Waals surface area contributed by atoms with Gasteiger partial charge in [0.25, 0.3) is 0 Å². The van der Waals surface area contributed by atoms with Crippen molar-refractivity contribution in [2.24, 2.45) is 0 Å². The fourth-order valence-corrected chi connectivity index (χ4v) is 2.97. The Hall–Kier alpha value is -4.32. The van der Waals surface area contributed by atoms with Gasteiger partial charge in [0.1, 0.15) is 5.82 Å². The molecule has 0 spiro atoms. The normalized spacial score (nSPS) is 10.4. The predicted octanol–water partition coefficient (Wildman–Crippen LogP) is 4.86. The summed E-state index contributed by atoms with van der Waals surface area (Å²) in [5.74, 6) is -0.849. The van der Waals surface area contributed by atoms with E-state index in [2.05, 4.69) is 27.4 Å². The Morgan fingerprint density at radius 3 is 1.77 bits per heavy atom. The molecule has 0 saturated carbocycles. The van der Waals surface area contributed by atoms with E-state index in [4.69, 9.17) is 0 Å². The average Bonchev–Trinajstić information content (AvgIpc) is 2.83. The smallest absolute Gasteiger partial charge is 0.298 e. The molecule has 6 heteroatoms. The first-order valence-corrected chi connectivity index (χ1v) is 9.61. The standard InChI is InChI=1S/C25H19FN4O/c1-17(18-12-14-21(26)15-13-18)29-30-25(31)24-27-22(19-8-4-2-5-9-19)16-23(28-24)20-10-6-3-7-11-20/h2-16,29H,1H2,(H,30,31). The Labute approximate surface area is 179 Å². The van der Waals surface area contributed by atoms with Gasteiger partial charge in [-0.05, 0) is 35.9 Å². The van der Waals surface area contributed by atoms with E-state index in [1.165, 1.54) is 12.1 Å². The van der Waals surface area contributed by atoms with Crippen LogP contribution < -0.4 is 10.9 Å². The van der Waals surface area contributed by atoms with E-state index >= 15 is 0 Å². The van der Waals surface area contributed by atoms with E-state index in [9.17, 15) is 9.18 Å². The first-order chi connectivity index (χ1) is 15.1. The van der Waals surface area contributed by atoms with E-state index in [0.29, 0.717) is 22.6 Å². The molecule has 0 bridgehead atoms. The predicted molar refractivity (Wildman–Crippen MR) is 119 cm³/mol. The van der Waals surface area contributed by atoms with Gasteiger partial charge in [-0.3, -0.25) is 15.6 Å². The topological polar surface area (TPSA) is 66.9 Å². The quantitative estimate of drug-likeness (QED) is 0.446. The van der Waals surface area contributed by atoms with E-state index < -0.39 is 5.91 Å². The van der Waals surface area contributed by atoms with Gasteiger partial charge in [-0.25, -0.2) is 14.4 Å². The van der Waals surface area contributed by atoms with Crippen LogP contribution in [0.2, 0.25) is 0 Å². The van der Waals surface area contributed by atoms with Crippen molar-refractivity contribution in [3.8, 4) is 22.5 Å². The zero-order valence-electron chi connectivity index (χ0n) is 16.5. The van der Waals surface area contributed by atoms with Gasteiger partial charge in [0.15, 0.2) is 0 Å². The molecule has 1 heterocycles. The summed E-state index contributed by atoms with van der Waals surface area (Å²) in [6.07, 6.45) is 0. The Balaban J connectivity index is 1.61. The number of nitrogens with zero attached hydrogens (tertiary/aromatic N) is 2. The fraction of sp³-hybridized carbons (Fsp3) is 0. The summed E-state index contributed by atoms with van der Waals surface area (Å²) in [7, 11) is 0. The molecular weight excluding hydrogens is 391 g/mol. The number of aromatic nitrogens is 2. The Morgan fingerprint density at radius 2 is 1.26 bits per heavy atom. The maximum Gasteiger partial charge on any atom is 0.307 e. The summed E-state index contributed by atoms with van der Waals surface area (Å²) in [5, 5.41) is 0. The van der Waals surface area contributed by atoms with Crippen LogP contribution in [0.4, 0.5) is 4.39 Å². The second-order valence-corrected chi connectivity index (χ2v) is 6.76. The second kappa shape index (κ2) is 9.00. The van der Waals surface area contributed by atoms with Gasteiger partial charge in [-0.15, -0.1) is 0 Å². The zero-order chi connectivity index (χ0) is 21.6. The van der Waals surface area contributed by atoms with Crippen molar-refractivity contribution in [3.63, 3.8) is 0 Å². The lowest BCUT2D eigenvalue weighted by Crippen LogP contribution is -2.37. The Bertz CT molecular complexity index is 1150. The summed E-state index contributed by atoms with van der Waals surface area (Å²) < 4.78 is 13.1. The third kappa shape index (κ3) is 4.82. The van der Waals surface area contributed by atoms with Gasteiger partial charge >= 0.3 is 5.91 Å². The number of amides is 1. The van der Waals surface area contributed by atoms with Crippen LogP contribution in [0.25, 0.3) is 28.2 Å². The molecule has 3 aromatic carbocycles. The van der Waals surface area contributed by atoms with Crippen LogP contribution >= 0.6 is 0 Å². The number of rotatable bonds is 6. The molecule has 2 N–H and O–H groups in total. The Kier molecular flexibility index (Phi) is 5.80. The molecule has 4 rings (SSSR count). The van der Waals surface area contributed by atoms with Crippen LogP contribution in [0, 0.1) is 5.82 Å². The molecule has 0 fully saturated rings. The summed E-state index contributed by atoms with van der Waals surface area (Å²) in [5.41, 5.74) is 9.38. The van der Waals surface area contributed by atoms with Crippen molar-refractivity contribution in [3.05, 3.63) is 115 Å². The molecule has 0 aliphatic rings. The molecule has 0 aliphatic carbocycles. The Morgan fingerprint density at radius 1 is 0.742 bits per heavy atom. The van der Waals surface area contributed by atoms with Crippen LogP contribution in [-0.4, -0.2) is 15.9 Å². The van der Waals surface area contributed by atoms with Gasteiger partial charge in [-0.2, -0.15) is 0 Å². The van der Waals surface area contributed by atoms with E-state index in [1.54, 1.807) is 12.1 Å². The van der Waals surface area contributed by atoms with Gasteiger partial charge in [0.2, 0.25) is 5.82 Å². The van der Waals surface area contributed by atoms with Gasteiger partial charge in [-0.1, -0.05) is 67.2 Å². The number of carbonyl (C=O) groups is 1. The van der Waals surface area contributed by atoms with E-state index in [1.807, 2.05) is 66.7 Å². The van der Waals surface area contributed by atoms with Crippen LogP contribution in [0.5, 0.6) is 0 Å². The number of hydrogen-bond donors (Lipinski definition) is 2. The lowest BCUT2D eigenvalue weighted by Gasteiger charge is -2.12. The van der Waals surface area contributed by atoms with Crippen molar-refractivity contribution in [2.75, 3.05) is 0 Å². The second-order valence-electron chi connectivity index (χ2n) is 6.76. The molecule has 31 heavy (non-hydrogen) atoms. The lowest BCUT2D eigenvalue weighted by atomic mass is 10.1. The SMILES string of the molecule is C=C(NNC(=O)c1nc(-c2ccccc2)cc(-c2ccccc2)n1)c1ccc(F)cc1. The lowest BCUT2D eigenvalue weighted by molar-refractivity contribution is 0.0932. The van der Waals surface area contributed by atoms with Crippen LogP contribution in [0.15, 0.2) is 97.6 Å². The number of hydrazine groups is 1. The van der Waals surface area contributed by atoms with Crippen molar-refractivity contribution in [2.45, 2.75) is 0 Å². The summed E-state index contributed by atoms with van der Waals surface area (Å²) in [6.45, 7) is 3.86. The molecule has 0 aliphatic heterocycles. The third-order valence-corrected chi connectivity index (χ3v) is 4.59. The van der Waals surface area contributed by atoms with E-state index in [0.717, 1.165) is 11.1 Å². The number of halogens is 1. The van der Waals surface area contributed by atoms with Crippen molar-refractivity contribution >= 4 is 11.6 Å². The molecule has 0 atom stereocenters. The van der Waals surface area contributed by atoms with Crippen molar-refractivity contribution < 1.29 is 9.18 Å². The first-order valence-electron chi connectivity index (χ1n) is 9.61. The fourth-order valence-electron chi connectivity index (χ4n) is 2.97. The van der Waals surface area contributed by atoms with Crippen LogP contribution in [0.1, 0.15) is 16.2 Å². The van der Waals surface area contributed by atoms with Gasteiger partial charge in [0, 0.05) is 11.1 Å². The zero-order valence-corrected chi connectivity index (χ0v) is 16.5. The number of benzene rings is 3. The number of hydrogen-bond acceptors (Lipinski definition) is 4. The molecular formula is C25H19FN4O. The monoisotopic (exact) mass is 410 g/mol. The molecule has 0 unspecified atom stereocenters. The van der Waals surface area contributed by atoms with Crippen molar-refractivity contribution in [1.29, 1.82) is 0 Å². The maximum atomic E-state index is 13.1. The molecule has 1 aromatic heterocycles. The highest BCUT2D eigenvalue weighted by Crippen LogP contribution is 2.23. The average molecular weight is 410 g/mol. The number of nitrogens with one attached hydrogen (secondary N) is 2. The molecule has 5 nitrogen and oxygen atoms in total. The van der Waals surface area contributed by atoms with Crippen LogP contribution in [0.3, 0.4) is 0 Å². The molecule has 0 radical (unpaired) electrons. The minimum Gasteiger partial charge on any atom is -0.298 e. The highest BCUT2D eigenvalue weighted by molar-refractivity contribution is 5.92. The first kappa shape index (κ1) is 20.0. The van der Waals surface area contributed by atoms with E-state index in [-0.39, 0.29) is 11.6 Å². The number of carbonyl (C=O) groups excluding carboxylic acids is 1. The minimum atomic E-state index is -0.516. The summed E-state index contributed by atoms with van der Waals surface area (Å²) >= 11 is 0. The van der Waals surface area contributed by atoms with Crippen LogP contribution in [-0.2, 0) is 0 Å².